The maximum atomic E-state index is 14.1. The SMILES string of the molecule is Cc1nc(C(=O)N2CCC(C)CC2)c(-c2ccccc2F)s1. The molecule has 116 valence electrons. The fourth-order valence-electron chi connectivity index (χ4n) is 2.76. The molecule has 0 aliphatic carbocycles. The number of aromatic nitrogens is 1. The second-order valence-corrected chi connectivity index (χ2v) is 7.07. The lowest BCUT2D eigenvalue weighted by Gasteiger charge is -2.30. The van der Waals surface area contributed by atoms with Gasteiger partial charge in [0, 0.05) is 18.7 Å². The molecule has 3 nitrogen and oxygen atoms in total. The summed E-state index contributed by atoms with van der Waals surface area (Å²) < 4.78 is 14.1. The highest BCUT2D eigenvalue weighted by atomic mass is 32.1. The molecule has 0 radical (unpaired) electrons. The summed E-state index contributed by atoms with van der Waals surface area (Å²) in [6, 6.07) is 6.56. The molecule has 0 unspecified atom stereocenters. The first-order chi connectivity index (χ1) is 10.6. The molecule has 1 aromatic carbocycles. The van der Waals surface area contributed by atoms with E-state index in [9.17, 15) is 9.18 Å². The second kappa shape index (κ2) is 6.16. The van der Waals surface area contributed by atoms with Gasteiger partial charge in [0.25, 0.3) is 5.91 Å². The molecule has 1 aliphatic heterocycles. The van der Waals surface area contributed by atoms with Gasteiger partial charge < -0.3 is 4.90 Å². The van der Waals surface area contributed by atoms with E-state index < -0.39 is 0 Å². The van der Waals surface area contributed by atoms with Gasteiger partial charge in [-0.1, -0.05) is 25.1 Å². The molecule has 1 saturated heterocycles. The van der Waals surface area contributed by atoms with Crippen molar-refractivity contribution in [3.8, 4) is 10.4 Å². The molecule has 0 spiro atoms. The number of hydrogen-bond acceptors (Lipinski definition) is 3. The molecule has 2 aromatic rings. The van der Waals surface area contributed by atoms with E-state index in [2.05, 4.69) is 11.9 Å². The fraction of sp³-hybridized carbons (Fsp3) is 0.412. The third-order valence-corrected chi connectivity index (χ3v) is 5.13. The van der Waals surface area contributed by atoms with Crippen molar-refractivity contribution in [3.63, 3.8) is 0 Å². The zero-order chi connectivity index (χ0) is 15.7. The molecular formula is C17H19FN2OS. The molecule has 0 saturated carbocycles. The van der Waals surface area contributed by atoms with Crippen LogP contribution in [0.2, 0.25) is 0 Å². The van der Waals surface area contributed by atoms with Crippen LogP contribution in [-0.2, 0) is 0 Å². The highest BCUT2D eigenvalue weighted by Gasteiger charge is 2.27. The van der Waals surface area contributed by atoms with E-state index >= 15 is 0 Å². The first-order valence-corrected chi connectivity index (χ1v) is 8.39. The van der Waals surface area contributed by atoms with Crippen LogP contribution in [0, 0.1) is 18.7 Å². The monoisotopic (exact) mass is 318 g/mol. The Kier molecular flexibility index (Phi) is 4.25. The predicted octanol–water partition coefficient (Wildman–Crippen LogP) is 4.13. The molecule has 0 atom stereocenters. The third kappa shape index (κ3) is 2.90. The minimum Gasteiger partial charge on any atom is -0.337 e. The van der Waals surface area contributed by atoms with Crippen molar-refractivity contribution in [2.24, 2.45) is 5.92 Å². The Hall–Kier alpha value is -1.75. The van der Waals surface area contributed by atoms with Crippen molar-refractivity contribution in [2.45, 2.75) is 26.7 Å². The summed E-state index contributed by atoms with van der Waals surface area (Å²) in [7, 11) is 0. The van der Waals surface area contributed by atoms with Crippen LogP contribution in [-0.4, -0.2) is 28.9 Å². The van der Waals surface area contributed by atoms with Gasteiger partial charge in [-0.15, -0.1) is 11.3 Å². The molecule has 0 bridgehead atoms. The maximum absolute atomic E-state index is 14.1. The van der Waals surface area contributed by atoms with Gasteiger partial charge in [0.15, 0.2) is 0 Å². The number of amides is 1. The van der Waals surface area contributed by atoms with Crippen molar-refractivity contribution < 1.29 is 9.18 Å². The Morgan fingerprint density at radius 1 is 1.32 bits per heavy atom. The van der Waals surface area contributed by atoms with Gasteiger partial charge in [-0.05, 0) is 31.7 Å². The molecule has 1 aromatic heterocycles. The predicted molar refractivity (Wildman–Crippen MR) is 86.5 cm³/mol. The Bertz CT molecular complexity index is 690. The average molecular weight is 318 g/mol. The van der Waals surface area contributed by atoms with Gasteiger partial charge in [-0.3, -0.25) is 4.79 Å². The van der Waals surface area contributed by atoms with Crippen LogP contribution >= 0.6 is 11.3 Å². The molecule has 3 rings (SSSR count). The van der Waals surface area contributed by atoms with Crippen LogP contribution < -0.4 is 0 Å². The molecule has 5 heteroatoms. The Morgan fingerprint density at radius 2 is 2.00 bits per heavy atom. The van der Waals surface area contributed by atoms with Gasteiger partial charge in [-0.25, -0.2) is 9.37 Å². The average Bonchev–Trinajstić information content (AvgIpc) is 2.89. The number of hydrogen-bond donors (Lipinski definition) is 0. The number of piperidine rings is 1. The minimum absolute atomic E-state index is 0.0745. The Balaban J connectivity index is 1.95. The second-order valence-electron chi connectivity index (χ2n) is 5.87. The largest absolute Gasteiger partial charge is 0.337 e. The first kappa shape index (κ1) is 15.2. The van der Waals surface area contributed by atoms with Crippen LogP contribution in [0.15, 0.2) is 24.3 Å². The summed E-state index contributed by atoms with van der Waals surface area (Å²) in [4.78, 5) is 19.6. The van der Waals surface area contributed by atoms with Crippen LogP contribution in [0.25, 0.3) is 10.4 Å². The van der Waals surface area contributed by atoms with E-state index in [1.54, 1.807) is 18.2 Å². The van der Waals surface area contributed by atoms with Crippen LogP contribution in [0.3, 0.4) is 0 Å². The lowest BCUT2D eigenvalue weighted by molar-refractivity contribution is 0.0692. The van der Waals surface area contributed by atoms with E-state index in [4.69, 9.17) is 0 Å². The number of nitrogens with zero attached hydrogens (tertiary/aromatic N) is 2. The van der Waals surface area contributed by atoms with Crippen LogP contribution in [0.5, 0.6) is 0 Å². The number of rotatable bonds is 2. The first-order valence-electron chi connectivity index (χ1n) is 7.58. The summed E-state index contributed by atoms with van der Waals surface area (Å²) in [6.07, 6.45) is 2.04. The lowest BCUT2D eigenvalue weighted by atomic mass is 9.99. The highest BCUT2D eigenvalue weighted by Crippen LogP contribution is 2.33. The van der Waals surface area contributed by atoms with Crippen molar-refractivity contribution in [1.29, 1.82) is 0 Å². The van der Waals surface area contributed by atoms with Gasteiger partial charge in [0.1, 0.15) is 11.5 Å². The van der Waals surface area contributed by atoms with Gasteiger partial charge in [0.05, 0.1) is 9.88 Å². The molecule has 2 heterocycles. The van der Waals surface area contributed by atoms with Crippen LogP contribution in [0.4, 0.5) is 4.39 Å². The van der Waals surface area contributed by atoms with Crippen molar-refractivity contribution in [1.82, 2.24) is 9.88 Å². The van der Waals surface area contributed by atoms with Gasteiger partial charge >= 0.3 is 0 Å². The molecular weight excluding hydrogens is 299 g/mol. The van der Waals surface area contributed by atoms with E-state index in [-0.39, 0.29) is 11.7 Å². The number of carbonyl (C=O) groups excluding carboxylic acids is 1. The van der Waals surface area contributed by atoms with E-state index in [1.807, 2.05) is 11.8 Å². The quantitative estimate of drug-likeness (QED) is 0.834. The van der Waals surface area contributed by atoms with Crippen LogP contribution in [0.1, 0.15) is 35.3 Å². The van der Waals surface area contributed by atoms with Gasteiger partial charge in [0.2, 0.25) is 0 Å². The van der Waals surface area contributed by atoms with E-state index in [1.165, 1.54) is 17.4 Å². The van der Waals surface area contributed by atoms with Crippen molar-refractivity contribution in [2.75, 3.05) is 13.1 Å². The third-order valence-electron chi connectivity index (χ3n) is 4.13. The number of benzene rings is 1. The fourth-order valence-corrected chi connectivity index (χ4v) is 3.70. The molecule has 1 aliphatic rings. The van der Waals surface area contributed by atoms with E-state index in [0.717, 1.165) is 30.9 Å². The topological polar surface area (TPSA) is 33.2 Å². The zero-order valence-corrected chi connectivity index (χ0v) is 13.6. The summed E-state index contributed by atoms with van der Waals surface area (Å²) in [5.41, 5.74) is 0.851. The maximum Gasteiger partial charge on any atom is 0.273 e. The normalized spacial score (nSPS) is 16.0. The molecule has 0 N–H and O–H groups in total. The number of halogens is 1. The molecule has 1 amide bonds. The minimum atomic E-state index is -0.313. The number of thiazole rings is 1. The van der Waals surface area contributed by atoms with Gasteiger partial charge in [-0.2, -0.15) is 0 Å². The molecule has 1 fully saturated rings. The van der Waals surface area contributed by atoms with Crippen molar-refractivity contribution >= 4 is 17.2 Å². The number of aryl methyl sites for hydroxylation is 1. The Labute approximate surface area is 133 Å². The lowest BCUT2D eigenvalue weighted by Crippen LogP contribution is -2.38. The van der Waals surface area contributed by atoms with E-state index in [0.29, 0.717) is 22.1 Å². The number of likely N-dealkylation sites (tertiary alicyclic amines) is 1. The summed E-state index contributed by atoms with van der Waals surface area (Å²) >= 11 is 1.38. The zero-order valence-electron chi connectivity index (χ0n) is 12.8. The Morgan fingerprint density at radius 3 is 2.68 bits per heavy atom. The molecule has 22 heavy (non-hydrogen) atoms. The smallest absolute Gasteiger partial charge is 0.273 e. The summed E-state index contributed by atoms with van der Waals surface area (Å²) in [5.74, 6) is 0.272. The van der Waals surface area contributed by atoms with Crippen molar-refractivity contribution in [3.05, 3.63) is 40.8 Å². The summed E-state index contributed by atoms with van der Waals surface area (Å²) in [5, 5.41) is 0.784. The number of carbonyl (C=O) groups is 1. The highest BCUT2D eigenvalue weighted by molar-refractivity contribution is 7.15. The summed E-state index contributed by atoms with van der Waals surface area (Å²) in [6.45, 7) is 5.57. The standard InChI is InChI=1S/C17H19FN2OS/c1-11-7-9-20(10-8-11)17(21)15-16(22-12(2)19-15)13-5-3-4-6-14(13)18/h3-6,11H,7-10H2,1-2H3.